The quantitative estimate of drug-likeness (QED) is 0.825. The molecule has 0 fully saturated rings. The van der Waals surface area contributed by atoms with Gasteiger partial charge < -0.3 is 10.2 Å². The number of hydrogen-bond donors (Lipinski definition) is 2. The first-order chi connectivity index (χ1) is 10.2. The molecule has 1 aromatic heterocycles. The van der Waals surface area contributed by atoms with E-state index in [1.165, 1.54) is 23.5 Å². The van der Waals surface area contributed by atoms with Crippen molar-refractivity contribution in [2.45, 2.75) is 6.42 Å². The second-order valence-electron chi connectivity index (χ2n) is 5.77. The van der Waals surface area contributed by atoms with Crippen molar-refractivity contribution in [3.63, 3.8) is 0 Å². The topological polar surface area (TPSA) is 87.5 Å². The van der Waals surface area contributed by atoms with Gasteiger partial charge in [-0.3, -0.25) is 4.48 Å². The minimum atomic E-state index is -0.991. The Balaban J connectivity index is 2.34. The molecule has 0 aliphatic carbocycles. The number of rotatable bonds is 5. The minimum Gasteiger partial charge on any atom is -0.478 e. The molecule has 1 heterocycles. The average Bonchev–Trinajstić information content (AvgIpc) is 2.83. The van der Waals surface area contributed by atoms with Crippen molar-refractivity contribution >= 4 is 28.4 Å². The Kier molecular flexibility index (Phi) is 4.30. The van der Waals surface area contributed by atoms with Crippen LogP contribution in [0.4, 0.5) is 5.13 Å². The first-order valence-electron chi connectivity index (χ1n) is 6.55. The van der Waals surface area contributed by atoms with Crippen LogP contribution in [-0.2, 0) is 6.42 Å². The van der Waals surface area contributed by atoms with Crippen LogP contribution in [0.2, 0.25) is 0 Å². The lowest BCUT2D eigenvalue weighted by atomic mass is 10.1. The molecule has 0 unspecified atom stereocenters. The molecule has 0 bridgehead atoms. The molecule has 0 aliphatic rings. The normalized spacial score (nSPS) is 11.4. The van der Waals surface area contributed by atoms with E-state index >= 15 is 0 Å². The summed E-state index contributed by atoms with van der Waals surface area (Å²) in [5.74, 6) is -1.98. The maximum absolute atomic E-state index is 11.4. The molecule has 0 saturated carbocycles. The maximum Gasteiger partial charge on any atom is 0.348 e. The number of aromatic nitrogens is 1. The summed E-state index contributed by atoms with van der Waals surface area (Å²) in [4.78, 5) is 26.9. The second kappa shape index (κ2) is 5.86. The van der Waals surface area contributed by atoms with Gasteiger partial charge in [0, 0.05) is 6.42 Å². The minimum absolute atomic E-state index is 0.201. The van der Waals surface area contributed by atoms with Gasteiger partial charge in [-0.15, -0.1) is 0 Å². The summed E-state index contributed by atoms with van der Waals surface area (Å²) in [5, 5.41) is 18.9. The molecule has 116 valence electrons. The number of carboxylic acids is 2. The van der Waals surface area contributed by atoms with E-state index in [0.29, 0.717) is 16.6 Å². The Hall–Kier alpha value is -2.25. The molecule has 1 aromatic carbocycles. The molecule has 0 saturated heterocycles. The molecule has 2 aromatic rings. The van der Waals surface area contributed by atoms with Gasteiger partial charge in [0.25, 0.3) is 5.13 Å². The summed E-state index contributed by atoms with van der Waals surface area (Å²) >= 11 is 1.17. The molecular weight excluding hydrogens is 304 g/mol. The molecule has 0 atom stereocenters. The van der Waals surface area contributed by atoms with Gasteiger partial charge in [-0.2, -0.15) is 4.98 Å². The monoisotopic (exact) mass is 321 g/mol. The molecule has 0 radical (unpaired) electrons. The third-order valence-electron chi connectivity index (χ3n) is 3.03. The Morgan fingerprint density at radius 1 is 1.09 bits per heavy atom. The Morgan fingerprint density at radius 3 is 2.14 bits per heavy atom. The smallest absolute Gasteiger partial charge is 0.348 e. The van der Waals surface area contributed by atoms with E-state index in [1.807, 2.05) is 21.1 Å². The van der Waals surface area contributed by atoms with Crippen LogP contribution in [0.15, 0.2) is 24.3 Å². The fourth-order valence-corrected chi connectivity index (χ4v) is 2.81. The summed E-state index contributed by atoms with van der Waals surface area (Å²) in [6.07, 6.45) is 0.359. The second-order valence-corrected chi connectivity index (χ2v) is 6.75. The molecule has 6 nitrogen and oxygen atoms in total. The van der Waals surface area contributed by atoms with E-state index in [1.54, 1.807) is 12.1 Å². The zero-order valence-corrected chi connectivity index (χ0v) is 13.3. The molecule has 2 rings (SSSR count). The number of carboxylic acid groups (broad SMARTS) is 2. The van der Waals surface area contributed by atoms with Gasteiger partial charge in [0.1, 0.15) is 4.88 Å². The van der Waals surface area contributed by atoms with E-state index in [2.05, 4.69) is 4.98 Å². The number of thiazole rings is 1. The largest absolute Gasteiger partial charge is 0.478 e. The van der Waals surface area contributed by atoms with Gasteiger partial charge in [-0.1, -0.05) is 12.1 Å². The number of quaternary nitrogens is 1. The fraction of sp³-hybridized carbons (Fsp3) is 0.267. The summed E-state index contributed by atoms with van der Waals surface area (Å²) in [6.45, 7) is 0. The first kappa shape index (κ1) is 16.1. The third-order valence-corrected chi connectivity index (χ3v) is 4.46. The summed E-state index contributed by atoms with van der Waals surface area (Å²) in [7, 11) is 5.78. The Labute approximate surface area is 131 Å². The van der Waals surface area contributed by atoms with Gasteiger partial charge in [0.05, 0.1) is 32.4 Å². The van der Waals surface area contributed by atoms with Crippen LogP contribution in [-0.4, -0.2) is 48.3 Å². The van der Waals surface area contributed by atoms with Crippen LogP contribution in [0, 0.1) is 0 Å². The highest BCUT2D eigenvalue weighted by Gasteiger charge is 2.25. The highest BCUT2D eigenvalue weighted by molar-refractivity contribution is 7.17. The predicted molar refractivity (Wildman–Crippen MR) is 84.8 cm³/mol. The van der Waals surface area contributed by atoms with Crippen molar-refractivity contribution in [3.8, 4) is 0 Å². The van der Waals surface area contributed by atoms with E-state index in [9.17, 15) is 14.7 Å². The van der Waals surface area contributed by atoms with Gasteiger partial charge in [-0.05, 0) is 29.0 Å². The first-order valence-corrected chi connectivity index (χ1v) is 7.37. The Bertz CT molecular complexity index is 714. The SMILES string of the molecule is C[N+](C)(C)c1nc(Cc2ccc(C(=O)O)cc2)c(C(=O)O)s1. The predicted octanol–water partition coefficient (Wildman–Crippen LogP) is 2.33. The number of carbonyl (C=O) groups is 2. The zero-order valence-electron chi connectivity index (χ0n) is 12.5. The maximum atomic E-state index is 11.4. The van der Waals surface area contributed by atoms with Crippen LogP contribution >= 0.6 is 11.3 Å². The van der Waals surface area contributed by atoms with Crippen LogP contribution in [0.5, 0.6) is 0 Å². The van der Waals surface area contributed by atoms with Gasteiger partial charge in [0.2, 0.25) is 0 Å². The van der Waals surface area contributed by atoms with Crippen LogP contribution in [0.25, 0.3) is 0 Å². The summed E-state index contributed by atoms with van der Waals surface area (Å²) in [6, 6.07) is 6.37. The highest BCUT2D eigenvalue weighted by Crippen LogP contribution is 2.29. The summed E-state index contributed by atoms with van der Waals surface area (Å²) in [5.41, 5.74) is 1.53. The molecule has 0 aliphatic heterocycles. The number of aromatic carboxylic acids is 2. The van der Waals surface area contributed by atoms with Crippen LogP contribution in [0.3, 0.4) is 0 Å². The van der Waals surface area contributed by atoms with Gasteiger partial charge >= 0.3 is 11.9 Å². The molecule has 7 heteroatoms. The fourth-order valence-electron chi connectivity index (χ4n) is 1.87. The highest BCUT2D eigenvalue weighted by atomic mass is 32.1. The van der Waals surface area contributed by atoms with Gasteiger partial charge in [-0.25, -0.2) is 9.59 Å². The van der Waals surface area contributed by atoms with Crippen molar-refractivity contribution in [2.24, 2.45) is 0 Å². The number of benzene rings is 1. The van der Waals surface area contributed by atoms with Crippen LogP contribution < -0.4 is 4.48 Å². The van der Waals surface area contributed by atoms with E-state index < -0.39 is 11.9 Å². The van der Waals surface area contributed by atoms with E-state index in [-0.39, 0.29) is 10.4 Å². The van der Waals surface area contributed by atoms with Crippen molar-refractivity contribution in [3.05, 3.63) is 46.0 Å². The standard InChI is InChI=1S/C15H16N2O4S/c1-17(2,3)15-16-11(12(22-15)14(20)21)8-9-4-6-10(7-5-9)13(18)19/h4-7H,8H2,1-3H3,(H-,18,19,20,21)/p+1. The molecule has 0 amide bonds. The molecular formula is C15H17N2O4S+. The Morgan fingerprint density at radius 2 is 1.68 bits per heavy atom. The zero-order chi connectivity index (χ0) is 16.5. The lowest BCUT2D eigenvalue weighted by Crippen LogP contribution is -2.34. The van der Waals surface area contributed by atoms with Gasteiger partial charge in [0.15, 0.2) is 0 Å². The number of hydrogen-bond acceptors (Lipinski definition) is 4. The lowest BCUT2D eigenvalue weighted by Gasteiger charge is -2.18. The molecule has 0 spiro atoms. The lowest BCUT2D eigenvalue weighted by molar-refractivity contribution is 0.0688. The summed E-state index contributed by atoms with van der Waals surface area (Å²) < 4.78 is 0.447. The average molecular weight is 321 g/mol. The van der Waals surface area contributed by atoms with E-state index in [4.69, 9.17) is 5.11 Å². The van der Waals surface area contributed by atoms with Crippen molar-refractivity contribution in [1.29, 1.82) is 0 Å². The molecule has 2 N–H and O–H groups in total. The number of nitrogens with zero attached hydrogens (tertiary/aromatic N) is 2. The van der Waals surface area contributed by atoms with E-state index in [0.717, 1.165) is 10.7 Å². The third kappa shape index (κ3) is 3.49. The van der Waals surface area contributed by atoms with Crippen molar-refractivity contribution < 1.29 is 19.8 Å². The van der Waals surface area contributed by atoms with Crippen LogP contribution in [0.1, 0.15) is 31.3 Å². The van der Waals surface area contributed by atoms with Crippen molar-refractivity contribution in [1.82, 2.24) is 9.47 Å². The molecule has 22 heavy (non-hydrogen) atoms. The van der Waals surface area contributed by atoms with Crippen molar-refractivity contribution in [2.75, 3.05) is 21.1 Å².